The van der Waals surface area contributed by atoms with Crippen LogP contribution < -0.4 is 10.6 Å². The highest BCUT2D eigenvalue weighted by Crippen LogP contribution is 2.21. The SMILES string of the molecule is CNC(=O)[C@H]1CN(Cc2ccncc2)C[C@@H]1NC(=O)c1c(C)noc1C. The summed E-state index contributed by atoms with van der Waals surface area (Å²) in [4.78, 5) is 31.1. The van der Waals surface area contributed by atoms with Crippen molar-refractivity contribution in [1.29, 1.82) is 0 Å². The molecule has 1 aliphatic rings. The molecule has 3 rings (SSSR count). The van der Waals surface area contributed by atoms with Gasteiger partial charge in [-0.15, -0.1) is 0 Å². The first kappa shape index (κ1) is 18.1. The standard InChI is InChI=1S/C18H23N5O3/c1-11-16(12(2)26-22-11)18(25)21-15-10-23(9-14(15)17(24)19-3)8-13-4-6-20-7-5-13/h4-7,14-15H,8-10H2,1-3H3,(H,19,24)(H,21,25)/t14-,15-/m0/s1. The van der Waals surface area contributed by atoms with E-state index in [2.05, 4.69) is 25.7 Å². The van der Waals surface area contributed by atoms with Gasteiger partial charge in [0.05, 0.1) is 17.7 Å². The Bertz CT molecular complexity index is 770. The molecule has 0 aliphatic carbocycles. The quantitative estimate of drug-likeness (QED) is 0.815. The number of pyridine rings is 1. The van der Waals surface area contributed by atoms with Crippen LogP contribution in [0.4, 0.5) is 0 Å². The maximum Gasteiger partial charge on any atom is 0.257 e. The lowest BCUT2D eigenvalue weighted by Crippen LogP contribution is -2.45. The van der Waals surface area contributed by atoms with Crippen LogP contribution in [0.5, 0.6) is 0 Å². The highest BCUT2D eigenvalue weighted by atomic mass is 16.5. The molecule has 2 N–H and O–H groups in total. The summed E-state index contributed by atoms with van der Waals surface area (Å²) in [7, 11) is 1.61. The first-order chi connectivity index (χ1) is 12.5. The number of nitrogens with zero attached hydrogens (tertiary/aromatic N) is 3. The number of carbonyl (C=O) groups is 2. The lowest BCUT2D eigenvalue weighted by molar-refractivity contribution is -0.124. The van der Waals surface area contributed by atoms with Gasteiger partial charge in [0.25, 0.3) is 5.91 Å². The summed E-state index contributed by atoms with van der Waals surface area (Å²) in [6, 6.07) is 3.62. The second-order valence-corrected chi connectivity index (χ2v) is 6.55. The molecule has 0 radical (unpaired) electrons. The number of amides is 2. The number of hydrogen-bond acceptors (Lipinski definition) is 6. The molecule has 8 nitrogen and oxygen atoms in total. The second-order valence-electron chi connectivity index (χ2n) is 6.55. The van der Waals surface area contributed by atoms with E-state index in [-0.39, 0.29) is 23.8 Å². The maximum atomic E-state index is 12.7. The fourth-order valence-electron chi connectivity index (χ4n) is 3.41. The number of aryl methyl sites for hydroxylation is 2. The van der Waals surface area contributed by atoms with Crippen molar-refractivity contribution in [3.63, 3.8) is 0 Å². The van der Waals surface area contributed by atoms with E-state index < -0.39 is 0 Å². The molecule has 2 amide bonds. The summed E-state index contributed by atoms with van der Waals surface area (Å²) < 4.78 is 5.07. The summed E-state index contributed by atoms with van der Waals surface area (Å²) in [6.07, 6.45) is 3.50. The summed E-state index contributed by atoms with van der Waals surface area (Å²) >= 11 is 0. The number of aromatic nitrogens is 2. The van der Waals surface area contributed by atoms with Crippen LogP contribution in [-0.4, -0.2) is 53.0 Å². The summed E-state index contributed by atoms with van der Waals surface area (Å²) in [5, 5.41) is 9.51. The highest BCUT2D eigenvalue weighted by molar-refractivity contribution is 5.96. The molecular formula is C18H23N5O3. The molecule has 1 saturated heterocycles. The van der Waals surface area contributed by atoms with Crippen molar-refractivity contribution in [3.05, 3.63) is 47.1 Å². The van der Waals surface area contributed by atoms with Gasteiger partial charge in [0.1, 0.15) is 11.3 Å². The third kappa shape index (κ3) is 3.75. The molecule has 2 aromatic rings. The van der Waals surface area contributed by atoms with E-state index in [1.165, 1.54) is 0 Å². The van der Waals surface area contributed by atoms with Crippen molar-refractivity contribution < 1.29 is 14.1 Å². The van der Waals surface area contributed by atoms with Crippen molar-refractivity contribution in [2.24, 2.45) is 5.92 Å². The van der Waals surface area contributed by atoms with Gasteiger partial charge in [-0.25, -0.2) is 0 Å². The van der Waals surface area contributed by atoms with Crippen molar-refractivity contribution in [2.45, 2.75) is 26.4 Å². The molecule has 0 aromatic carbocycles. The first-order valence-corrected chi connectivity index (χ1v) is 8.56. The molecule has 8 heteroatoms. The maximum absolute atomic E-state index is 12.7. The van der Waals surface area contributed by atoms with Crippen molar-refractivity contribution in [1.82, 2.24) is 25.7 Å². The molecule has 26 heavy (non-hydrogen) atoms. The van der Waals surface area contributed by atoms with Crippen molar-refractivity contribution >= 4 is 11.8 Å². The van der Waals surface area contributed by atoms with E-state index >= 15 is 0 Å². The summed E-state index contributed by atoms with van der Waals surface area (Å²) in [6.45, 7) is 5.30. The second kappa shape index (κ2) is 7.65. The molecule has 138 valence electrons. The van der Waals surface area contributed by atoms with Crippen LogP contribution in [0.25, 0.3) is 0 Å². The monoisotopic (exact) mass is 357 g/mol. The van der Waals surface area contributed by atoms with E-state index in [0.717, 1.165) is 5.56 Å². The lowest BCUT2D eigenvalue weighted by Gasteiger charge is -2.18. The largest absolute Gasteiger partial charge is 0.361 e. The van der Waals surface area contributed by atoms with Crippen LogP contribution in [0.1, 0.15) is 27.4 Å². The van der Waals surface area contributed by atoms with Crippen molar-refractivity contribution in [2.75, 3.05) is 20.1 Å². The van der Waals surface area contributed by atoms with Gasteiger partial charge in [0, 0.05) is 39.1 Å². The zero-order valence-electron chi connectivity index (χ0n) is 15.2. The van der Waals surface area contributed by atoms with E-state index in [1.807, 2.05) is 12.1 Å². The number of nitrogens with one attached hydrogen (secondary N) is 2. The van der Waals surface area contributed by atoms with E-state index in [4.69, 9.17) is 4.52 Å². The minimum atomic E-state index is -0.314. The molecule has 0 bridgehead atoms. The van der Waals surface area contributed by atoms with Crippen LogP contribution in [0, 0.1) is 19.8 Å². The molecule has 1 aliphatic heterocycles. The van der Waals surface area contributed by atoms with Gasteiger partial charge in [0.2, 0.25) is 5.91 Å². The predicted molar refractivity (Wildman–Crippen MR) is 94.3 cm³/mol. The third-order valence-corrected chi connectivity index (χ3v) is 4.71. The summed E-state index contributed by atoms with van der Waals surface area (Å²) in [5.74, 6) is -0.174. The molecule has 3 heterocycles. The average Bonchev–Trinajstić information content (AvgIpc) is 3.17. The van der Waals surface area contributed by atoms with Gasteiger partial charge in [0.15, 0.2) is 0 Å². The van der Waals surface area contributed by atoms with Crippen LogP contribution in [0.3, 0.4) is 0 Å². The fraction of sp³-hybridized carbons (Fsp3) is 0.444. The number of carbonyl (C=O) groups excluding carboxylic acids is 2. The minimum Gasteiger partial charge on any atom is -0.361 e. The van der Waals surface area contributed by atoms with Gasteiger partial charge < -0.3 is 15.2 Å². The van der Waals surface area contributed by atoms with Gasteiger partial charge in [-0.05, 0) is 31.5 Å². The van der Waals surface area contributed by atoms with Crippen LogP contribution in [0.2, 0.25) is 0 Å². The van der Waals surface area contributed by atoms with Gasteiger partial charge in [-0.1, -0.05) is 5.16 Å². The minimum absolute atomic E-state index is 0.0775. The average molecular weight is 357 g/mol. The van der Waals surface area contributed by atoms with Crippen LogP contribution >= 0.6 is 0 Å². The molecular weight excluding hydrogens is 334 g/mol. The Balaban J connectivity index is 1.73. The molecule has 0 unspecified atom stereocenters. The lowest BCUT2D eigenvalue weighted by atomic mass is 10.0. The smallest absolute Gasteiger partial charge is 0.257 e. The van der Waals surface area contributed by atoms with E-state index in [1.54, 1.807) is 33.3 Å². The van der Waals surface area contributed by atoms with Gasteiger partial charge >= 0.3 is 0 Å². The molecule has 0 spiro atoms. The molecule has 2 aromatic heterocycles. The zero-order chi connectivity index (χ0) is 18.7. The fourth-order valence-corrected chi connectivity index (χ4v) is 3.41. The van der Waals surface area contributed by atoms with Gasteiger partial charge in [-0.2, -0.15) is 0 Å². The molecule has 0 saturated carbocycles. The number of rotatable bonds is 5. The van der Waals surface area contributed by atoms with Gasteiger partial charge in [-0.3, -0.25) is 19.5 Å². The predicted octanol–water partition coefficient (Wildman–Crippen LogP) is 0.663. The van der Waals surface area contributed by atoms with Crippen LogP contribution in [-0.2, 0) is 11.3 Å². The Hall–Kier alpha value is -2.74. The summed E-state index contributed by atoms with van der Waals surface area (Å²) in [5.41, 5.74) is 2.10. The van der Waals surface area contributed by atoms with Crippen LogP contribution in [0.15, 0.2) is 29.0 Å². The Kier molecular flexibility index (Phi) is 5.32. The normalized spacial score (nSPS) is 20.1. The van der Waals surface area contributed by atoms with E-state index in [9.17, 15) is 9.59 Å². The number of hydrogen-bond donors (Lipinski definition) is 2. The topological polar surface area (TPSA) is 100 Å². The highest BCUT2D eigenvalue weighted by Gasteiger charge is 2.38. The Morgan fingerprint density at radius 3 is 2.62 bits per heavy atom. The Morgan fingerprint density at radius 1 is 1.27 bits per heavy atom. The first-order valence-electron chi connectivity index (χ1n) is 8.56. The Morgan fingerprint density at radius 2 is 2.00 bits per heavy atom. The van der Waals surface area contributed by atoms with Crippen molar-refractivity contribution in [3.8, 4) is 0 Å². The third-order valence-electron chi connectivity index (χ3n) is 4.71. The number of likely N-dealkylation sites (tertiary alicyclic amines) is 1. The van der Waals surface area contributed by atoms with E-state index in [0.29, 0.717) is 36.7 Å². The molecule has 1 fully saturated rings. The molecule has 2 atom stereocenters. The Labute approximate surface area is 151 Å². The zero-order valence-corrected chi connectivity index (χ0v) is 15.2.